The lowest BCUT2D eigenvalue weighted by atomic mass is 9.65. The second kappa shape index (κ2) is 17.9. The van der Waals surface area contributed by atoms with E-state index in [0.29, 0.717) is 19.1 Å². The van der Waals surface area contributed by atoms with E-state index < -0.39 is 14.0 Å². The maximum absolute atomic E-state index is 11.5. The van der Waals surface area contributed by atoms with Crippen LogP contribution in [0.2, 0.25) is 24.7 Å². The van der Waals surface area contributed by atoms with Crippen molar-refractivity contribution in [3.63, 3.8) is 0 Å². The lowest BCUT2D eigenvalue weighted by Gasteiger charge is -2.43. The molecule has 0 aromatic heterocycles. The minimum atomic E-state index is -1.01. The molecule has 248 valence electrons. The van der Waals surface area contributed by atoms with Crippen LogP contribution in [0, 0.1) is 23.7 Å². The quantitative estimate of drug-likeness (QED) is 0.0860. The van der Waals surface area contributed by atoms with Gasteiger partial charge in [-0.05, 0) is 123 Å². The van der Waals surface area contributed by atoms with E-state index in [1.165, 1.54) is 69.8 Å². The number of benzene rings is 1. The standard InChI is InChI=1S/C39H64O4Si/c1-5-6-28-44(3,4)38-24-20-36(21-25-38)34-16-12-32(13-17-34)31-10-14-33(15-11-31)35-18-22-37(23-19-35)42-26-8-7-9-27-43-39(41)30(2)29-40/h18-19,22-23,31-34,36,38,40H,2,5-17,20-21,24-29H2,1,3-4H3. The van der Waals surface area contributed by atoms with Gasteiger partial charge in [-0.2, -0.15) is 0 Å². The second-order valence-corrected chi connectivity index (χ2v) is 20.7. The molecular formula is C39H64O4Si. The number of carbonyl (C=O) groups excluding carboxylic acids is 1. The molecule has 0 spiro atoms. The molecule has 0 amide bonds. The topological polar surface area (TPSA) is 55.8 Å². The number of hydrogen-bond donors (Lipinski definition) is 1. The number of ether oxygens (including phenoxy) is 2. The molecule has 1 aromatic carbocycles. The van der Waals surface area contributed by atoms with Crippen LogP contribution in [-0.2, 0) is 9.53 Å². The van der Waals surface area contributed by atoms with E-state index in [2.05, 4.69) is 50.9 Å². The predicted molar refractivity (Wildman–Crippen MR) is 186 cm³/mol. The summed E-state index contributed by atoms with van der Waals surface area (Å²) in [6, 6.07) is 10.4. The van der Waals surface area contributed by atoms with E-state index >= 15 is 0 Å². The molecule has 0 aliphatic heterocycles. The summed E-state index contributed by atoms with van der Waals surface area (Å²) in [7, 11) is -1.01. The van der Waals surface area contributed by atoms with Crippen LogP contribution in [0.25, 0.3) is 0 Å². The third-order valence-corrected chi connectivity index (χ3v) is 16.5. The zero-order chi connectivity index (χ0) is 31.4. The molecule has 0 bridgehead atoms. The number of rotatable bonds is 16. The van der Waals surface area contributed by atoms with E-state index in [4.69, 9.17) is 14.6 Å². The Balaban J connectivity index is 1.08. The van der Waals surface area contributed by atoms with Gasteiger partial charge in [-0.1, -0.05) is 83.3 Å². The molecule has 4 nitrogen and oxygen atoms in total. The zero-order valence-electron chi connectivity index (χ0n) is 28.5. The van der Waals surface area contributed by atoms with Gasteiger partial charge in [0, 0.05) is 0 Å². The highest BCUT2D eigenvalue weighted by atomic mass is 28.3. The minimum absolute atomic E-state index is 0.105. The lowest BCUT2D eigenvalue weighted by Crippen LogP contribution is -2.36. The number of hydrogen-bond acceptors (Lipinski definition) is 4. The number of unbranched alkanes of at least 4 members (excludes halogenated alkanes) is 3. The summed E-state index contributed by atoms with van der Waals surface area (Å²) in [5, 5.41) is 8.90. The van der Waals surface area contributed by atoms with Crippen LogP contribution < -0.4 is 4.74 Å². The number of esters is 1. The van der Waals surface area contributed by atoms with Crippen molar-refractivity contribution >= 4 is 14.0 Å². The summed E-state index contributed by atoms with van der Waals surface area (Å²) in [6.45, 7) is 11.9. The highest BCUT2D eigenvalue weighted by Gasteiger charge is 2.38. The van der Waals surface area contributed by atoms with Crippen molar-refractivity contribution < 1.29 is 19.4 Å². The van der Waals surface area contributed by atoms with Crippen LogP contribution in [0.15, 0.2) is 36.4 Å². The van der Waals surface area contributed by atoms with Crippen molar-refractivity contribution in [2.45, 2.75) is 147 Å². The van der Waals surface area contributed by atoms with Crippen LogP contribution in [0.5, 0.6) is 5.75 Å². The molecule has 1 aromatic rings. The fourth-order valence-corrected chi connectivity index (χ4v) is 12.5. The van der Waals surface area contributed by atoms with Crippen LogP contribution in [-0.4, -0.2) is 39.0 Å². The maximum atomic E-state index is 11.5. The van der Waals surface area contributed by atoms with Gasteiger partial charge in [-0.25, -0.2) is 4.79 Å². The summed E-state index contributed by atoms with van der Waals surface area (Å²) in [5.74, 6) is 5.18. The highest BCUT2D eigenvalue weighted by molar-refractivity contribution is 6.78. The maximum Gasteiger partial charge on any atom is 0.335 e. The molecule has 5 heteroatoms. The van der Waals surface area contributed by atoms with Crippen LogP contribution in [0.4, 0.5) is 0 Å². The molecule has 3 saturated carbocycles. The van der Waals surface area contributed by atoms with Crippen molar-refractivity contribution in [1.82, 2.24) is 0 Å². The smallest absolute Gasteiger partial charge is 0.335 e. The molecular weight excluding hydrogens is 561 g/mol. The van der Waals surface area contributed by atoms with Gasteiger partial charge >= 0.3 is 5.97 Å². The highest BCUT2D eigenvalue weighted by Crippen LogP contribution is 2.49. The fourth-order valence-electron chi connectivity index (χ4n) is 8.96. The van der Waals surface area contributed by atoms with Gasteiger partial charge in [0.05, 0.1) is 33.5 Å². The molecule has 0 atom stereocenters. The molecule has 3 fully saturated rings. The lowest BCUT2D eigenvalue weighted by molar-refractivity contribution is -0.139. The molecule has 1 N–H and O–H groups in total. The fraction of sp³-hybridized carbons (Fsp3) is 0.769. The Morgan fingerprint density at radius 2 is 1.30 bits per heavy atom. The minimum Gasteiger partial charge on any atom is -0.494 e. The van der Waals surface area contributed by atoms with Crippen molar-refractivity contribution in [3.8, 4) is 5.75 Å². The van der Waals surface area contributed by atoms with Crippen molar-refractivity contribution in [1.29, 1.82) is 0 Å². The average Bonchev–Trinajstić information content (AvgIpc) is 3.07. The normalized spacial score (nSPS) is 27.9. The molecule has 0 radical (unpaired) electrons. The average molecular weight is 625 g/mol. The first-order valence-corrected chi connectivity index (χ1v) is 21.8. The summed E-state index contributed by atoms with van der Waals surface area (Å²) in [4.78, 5) is 11.5. The Hall–Kier alpha value is -1.59. The third-order valence-electron chi connectivity index (χ3n) is 12.1. The van der Waals surface area contributed by atoms with E-state index in [1.54, 1.807) is 31.7 Å². The predicted octanol–water partition coefficient (Wildman–Crippen LogP) is 10.5. The van der Waals surface area contributed by atoms with Gasteiger partial charge in [-0.3, -0.25) is 0 Å². The van der Waals surface area contributed by atoms with E-state index in [1.807, 2.05) is 0 Å². The van der Waals surface area contributed by atoms with E-state index in [9.17, 15) is 4.79 Å². The van der Waals surface area contributed by atoms with Gasteiger partial charge in [0.1, 0.15) is 5.75 Å². The van der Waals surface area contributed by atoms with Gasteiger partial charge in [0.25, 0.3) is 0 Å². The molecule has 0 unspecified atom stereocenters. The Kier molecular flexibility index (Phi) is 14.4. The second-order valence-electron chi connectivity index (χ2n) is 15.4. The third kappa shape index (κ3) is 10.5. The van der Waals surface area contributed by atoms with Gasteiger partial charge in [0.15, 0.2) is 0 Å². The summed E-state index contributed by atoms with van der Waals surface area (Å²) < 4.78 is 11.0. The first kappa shape index (κ1) is 35.3. The van der Waals surface area contributed by atoms with Crippen molar-refractivity contribution in [3.05, 3.63) is 42.0 Å². The number of carbonyl (C=O) groups is 1. The monoisotopic (exact) mass is 624 g/mol. The van der Waals surface area contributed by atoms with Crippen molar-refractivity contribution in [2.24, 2.45) is 23.7 Å². The molecule has 0 heterocycles. The summed E-state index contributed by atoms with van der Waals surface area (Å²) in [6.07, 6.45) is 23.3. The van der Waals surface area contributed by atoms with Crippen molar-refractivity contribution in [2.75, 3.05) is 19.8 Å². The van der Waals surface area contributed by atoms with Gasteiger partial charge in [0.2, 0.25) is 0 Å². The number of aliphatic hydroxyl groups is 1. The molecule has 0 saturated heterocycles. The number of aliphatic hydroxyl groups excluding tert-OH is 1. The summed E-state index contributed by atoms with van der Waals surface area (Å²) >= 11 is 0. The van der Waals surface area contributed by atoms with Crippen LogP contribution in [0.1, 0.15) is 128 Å². The van der Waals surface area contributed by atoms with E-state index in [0.717, 1.165) is 54.2 Å². The SMILES string of the molecule is C=C(CO)C(=O)OCCCCCOc1ccc(C2CCC(C3CCC(C4CCC([Si](C)(C)CCCC)CC4)CC3)CC2)cc1. The Labute approximate surface area is 270 Å². The molecule has 3 aliphatic rings. The first-order valence-electron chi connectivity index (χ1n) is 18.5. The van der Waals surface area contributed by atoms with Gasteiger partial charge in [-0.15, -0.1) is 0 Å². The molecule has 3 aliphatic carbocycles. The molecule has 44 heavy (non-hydrogen) atoms. The van der Waals surface area contributed by atoms with Crippen LogP contribution in [0.3, 0.4) is 0 Å². The van der Waals surface area contributed by atoms with Gasteiger partial charge < -0.3 is 14.6 Å². The Morgan fingerprint density at radius 3 is 1.84 bits per heavy atom. The largest absolute Gasteiger partial charge is 0.494 e. The van der Waals surface area contributed by atoms with E-state index in [-0.39, 0.29) is 12.2 Å². The van der Waals surface area contributed by atoms with Crippen LogP contribution >= 0.6 is 0 Å². The Bertz CT molecular complexity index is 980. The Morgan fingerprint density at radius 1 is 0.773 bits per heavy atom. The summed E-state index contributed by atoms with van der Waals surface area (Å²) in [5.41, 5.74) is 2.69. The first-order chi connectivity index (χ1) is 21.3. The zero-order valence-corrected chi connectivity index (χ0v) is 29.5. The molecule has 4 rings (SSSR count).